The molecule has 0 spiro atoms. The lowest BCUT2D eigenvalue weighted by atomic mass is 9.91. The number of rotatable bonds is 7. The van der Waals surface area contributed by atoms with Crippen molar-refractivity contribution in [3.8, 4) is 0 Å². The number of nitrogens with zero attached hydrogens (tertiary/aromatic N) is 2. The van der Waals surface area contributed by atoms with Gasteiger partial charge in [-0.2, -0.15) is 0 Å². The summed E-state index contributed by atoms with van der Waals surface area (Å²) in [5.74, 6) is 0.363. The van der Waals surface area contributed by atoms with Crippen LogP contribution in [0.3, 0.4) is 0 Å². The van der Waals surface area contributed by atoms with E-state index in [1.165, 1.54) is 11.3 Å². The molecule has 0 aliphatic rings. The molecule has 118 valence electrons. The van der Waals surface area contributed by atoms with Crippen LogP contribution in [0.5, 0.6) is 0 Å². The summed E-state index contributed by atoms with van der Waals surface area (Å²) in [6, 6.07) is 18.1. The molecule has 1 aromatic carbocycles. The Morgan fingerprint density at radius 3 is 2.05 bits per heavy atom. The lowest BCUT2D eigenvalue weighted by molar-refractivity contribution is 0.170. The van der Waals surface area contributed by atoms with E-state index >= 15 is 0 Å². The molecule has 1 atom stereocenters. The quantitative estimate of drug-likeness (QED) is 0.735. The van der Waals surface area contributed by atoms with Crippen LogP contribution in [0, 0.1) is 0 Å². The zero-order chi connectivity index (χ0) is 15.9. The summed E-state index contributed by atoms with van der Waals surface area (Å²) < 4.78 is 0. The van der Waals surface area contributed by atoms with Gasteiger partial charge in [-0.05, 0) is 58.4 Å². The van der Waals surface area contributed by atoms with E-state index in [1.54, 1.807) is 0 Å². The first kappa shape index (κ1) is 16.7. The van der Waals surface area contributed by atoms with Crippen LogP contribution in [0.15, 0.2) is 54.7 Å². The molecular weight excluding hydrogens is 268 g/mol. The van der Waals surface area contributed by atoms with E-state index in [4.69, 9.17) is 0 Å². The maximum absolute atomic E-state index is 4.60. The van der Waals surface area contributed by atoms with E-state index in [9.17, 15) is 0 Å². The molecule has 2 nitrogen and oxygen atoms in total. The molecular formula is C20H28N2. The number of pyridine rings is 1. The van der Waals surface area contributed by atoms with Gasteiger partial charge in [0.2, 0.25) is 0 Å². The molecule has 2 rings (SSSR count). The average molecular weight is 296 g/mol. The highest BCUT2D eigenvalue weighted by atomic mass is 15.2. The molecule has 0 radical (unpaired) electrons. The number of hydrogen-bond acceptors (Lipinski definition) is 2. The SMILES string of the molecule is CC(C)N(CC[C@H](c1ccccc1)c1ccccn1)C(C)C. The highest BCUT2D eigenvalue weighted by Crippen LogP contribution is 2.27. The lowest BCUT2D eigenvalue weighted by Crippen LogP contribution is -2.38. The maximum atomic E-state index is 4.60. The van der Waals surface area contributed by atoms with E-state index in [0.29, 0.717) is 18.0 Å². The average Bonchev–Trinajstić information content (AvgIpc) is 2.52. The zero-order valence-electron chi connectivity index (χ0n) is 14.2. The Bertz CT molecular complexity index is 487. The van der Waals surface area contributed by atoms with Crippen LogP contribution in [0.25, 0.3) is 0 Å². The standard InChI is InChI=1S/C20H28N2/c1-16(2)22(17(3)4)15-13-19(18-10-6-5-7-11-18)20-12-8-9-14-21-20/h5-12,14,16-17,19H,13,15H2,1-4H3/t19-/m1/s1. The number of hydrogen-bond donors (Lipinski definition) is 0. The van der Waals surface area contributed by atoms with Gasteiger partial charge in [-0.1, -0.05) is 36.4 Å². The molecule has 22 heavy (non-hydrogen) atoms. The topological polar surface area (TPSA) is 16.1 Å². The van der Waals surface area contributed by atoms with Crippen molar-refractivity contribution >= 4 is 0 Å². The number of aromatic nitrogens is 1. The molecule has 0 amide bonds. The van der Waals surface area contributed by atoms with Gasteiger partial charge in [-0.25, -0.2) is 0 Å². The van der Waals surface area contributed by atoms with Crippen LogP contribution in [0.1, 0.15) is 51.3 Å². The van der Waals surface area contributed by atoms with Crippen molar-refractivity contribution in [2.24, 2.45) is 0 Å². The fourth-order valence-electron chi connectivity index (χ4n) is 3.14. The predicted octanol–water partition coefficient (Wildman–Crippen LogP) is 4.72. The van der Waals surface area contributed by atoms with Gasteiger partial charge >= 0.3 is 0 Å². The third kappa shape index (κ3) is 4.41. The van der Waals surface area contributed by atoms with E-state index < -0.39 is 0 Å². The molecule has 2 aromatic rings. The molecule has 0 unspecified atom stereocenters. The minimum atomic E-state index is 0.363. The molecule has 0 aliphatic heterocycles. The van der Waals surface area contributed by atoms with Crippen LogP contribution in [-0.2, 0) is 0 Å². The van der Waals surface area contributed by atoms with Gasteiger partial charge in [0.15, 0.2) is 0 Å². The van der Waals surface area contributed by atoms with Gasteiger partial charge in [0, 0.05) is 29.9 Å². The Balaban J connectivity index is 2.19. The maximum Gasteiger partial charge on any atom is 0.0478 e. The fraction of sp³-hybridized carbons (Fsp3) is 0.450. The fourth-order valence-corrected chi connectivity index (χ4v) is 3.14. The minimum Gasteiger partial charge on any atom is -0.299 e. The van der Waals surface area contributed by atoms with E-state index in [0.717, 1.165) is 13.0 Å². The summed E-state index contributed by atoms with van der Waals surface area (Å²) in [7, 11) is 0. The highest BCUT2D eigenvalue weighted by molar-refractivity contribution is 5.28. The van der Waals surface area contributed by atoms with Gasteiger partial charge in [-0.15, -0.1) is 0 Å². The second-order valence-corrected chi connectivity index (χ2v) is 6.43. The molecule has 1 heterocycles. The van der Waals surface area contributed by atoms with Crippen molar-refractivity contribution in [3.05, 3.63) is 66.0 Å². The van der Waals surface area contributed by atoms with Crippen LogP contribution < -0.4 is 0 Å². The first-order chi connectivity index (χ1) is 10.6. The molecule has 0 saturated carbocycles. The molecule has 0 fully saturated rings. The first-order valence-corrected chi connectivity index (χ1v) is 8.31. The normalized spacial score (nSPS) is 13.0. The lowest BCUT2D eigenvalue weighted by Gasteiger charge is -2.32. The molecule has 2 heteroatoms. The summed E-state index contributed by atoms with van der Waals surface area (Å²) in [5, 5.41) is 0. The summed E-state index contributed by atoms with van der Waals surface area (Å²) in [5.41, 5.74) is 2.52. The van der Waals surface area contributed by atoms with Gasteiger partial charge in [-0.3, -0.25) is 9.88 Å². The summed E-state index contributed by atoms with van der Waals surface area (Å²) in [6.45, 7) is 10.2. The van der Waals surface area contributed by atoms with Gasteiger partial charge in [0.05, 0.1) is 0 Å². The Kier molecular flexibility index (Phi) is 6.14. The van der Waals surface area contributed by atoms with Crippen LogP contribution in [0.2, 0.25) is 0 Å². The van der Waals surface area contributed by atoms with Crippen LogP contribution in [-0.4, -0.2) is 28.5 Å². The summed E-state index contributed by atoms with van der Waals surface area (Å²) in [4.78, 5) is 7.16. The Morgan fingerprint density at radius 2 is 1.50 bits per heavy atom. The third-order valence-corrected chi connectivity index (χ3v) is 4.25. The van der Waals surface area contributed by atoms with Crippen molar-refractivity contribution in [1.29, 1.82) is 0 Å². The van der Waals surface area contributed by atoms with Crippen molar-refractivity contribution < 1.29 is 0 Å². The number of benzene rings is 1. The van der Waals surface area contributed by atoms with Crippen molar-refractivity contribution in [1.82, 2.24) is 9.88 Å². The van der Waals surface area contributed by atoms with E-state index in [1.807, 2.05) is 12.3 Å². The van der Waals surface area contributed by atoms with Crippen LogP contribution in [0.4, 0.5) is 0 Å². The minimum absolute atomic E-state index is 0.363. The van der Waals surface area contributed by atoms with Crippen LogP contribution >= 0.6 is 0 Å². The molecule has 0 bridgehead atoms. The van der Waals surface area contributed by atoms with Crippen molar-refractivity contribution in [2.75, 3.05) is 6.54 Å². The molecule has 0 saturated heterocycles. The Labute approximate surface area is 135 Å². The first-order valence-electron chi connectivity index (χ1n) is 8.31. The van der Waals surface area contributed by atoms with Crippen molar-refractivity contribution in [3.63, 3.8) is 0 Å². The zero-order valence-corrected chi connectivity index (χ0v) is 14.2. The predicted molar refractivity (Wildman–Crippen MR) is 94.1 cm³/mol. The van der Waals surface area contributed by atoms with Gasteiger partial charge < -0.3 is 0 Å². The molecule has 0 aliphatic carbocycles. The molecule has 0 N–H and O–H groups in total. The Hall–Kier alpha value is -1.67. The monoisotopic (exact) mass is 296 g/mol. The molecule has 1 aromatic heterocycles. The summed E-state index contributed by atoms with van der Waals surface area (Å²) in [6.07, 6.45) is 2.99. The van der Waals surface area contributed by atoms with Gasteiger partial charge in [0.25, 0.3) is 0 Å². The smallest absolute Gasteiger partial charge is 0.0478 e. The highest BCUT2D eigenvalue weighted by Gasteiger charge is 2.19. The van der Waals surface area contributed by atoms with Gasteiger partial charge in [0.1, 0.15) is 0 Å². The summed E-state index contributed by atoms with van der Waals surface area (Å²) >= 11 is 0. The third-order valence-electron chi connectivity index (χ3n) is 4.25. The second-order valence-electron chi connectivity index (χ2n) is 6.43. The Morgan fingerprint density at radius 1 is 0.864 bits per heavy atom. The van der Waals surface area contributed by atoms with E-state index in [2.05, 4.69) is 80.0 Å². The van der Waals surface area contributed by atoms with E-state index in [-0.39, 0.29) is 0 Å². The second kappa shape index (κ2) is 8.09. The largest absolute Gasteiger partial charge is 0.299 e. The van der Waals surface area contributed by atoms with Crippen molar-refractivity contribution in [2.45, 2.75) is 52.1 Å².